The molecule has 3 amide bonds. The van der Waals surface area contributed by atoms with E-state index in [0.717, 1.165) is 12.8 Å². The predicted octanol–water partition coefficient (Wildman–Crippen LogP) is 5.92. The van der Waals surface area contributed by atoms with E-state index in [1.165, 1.54) is 0 Å². The molecule has 1 spiro atoms. The molecule has 0 aromatic heterocycles. The Morgan fingerprint density at radius 3 is 2.49 bits per heavy atom. The molecule has 3 saturated heterocycles. The fraction of sp³-hybridized carbons (Fsp3) is 0.487. The van der Waals surface area contributed by atoms with Gasteiger partial charge in [-0.1, -0.05) is 82.9 Å². The van der Waals surface area contributed by atoms with E-state index < -0.39 is 47.7 Å². The number of anilines is 1. The standard InChI is InChI=1S/C39H47BrClN3O7/c1-4-6-16-30(46)42-25(3)33(26-14-10-9-11-15-26)50-38(49)31-32-36(47)44(22-12-7-8-13-23-45)35(39(32)24-29(40)34(31)51-39)37(48)43(21-5-2)28-19-17-27(41)18-20-28/h4-5,9-11,14-15,17-20,25,29,31-35,45H,1-2,6-8,12-13,16,21-24H2,3H3,(H,42,46)/t25-,29?,31-,32+,33-,34-,35-,39+/m1/s1. The van der Waals surface area contributed by atoms with Crippen LogP contribution >= 0.6 is 27.5 Å². The summed E-state index contributed by atoms with van der Waals surface area (Å²) in [7, 11) is 0. The van der Waals surface area contributed by atoms with Gasteiger partial charge in [-0.2, -0.15) is 0 Å². The number of allylic oxidation sites excluding steroid dienone is 1. The summed E-state index contributed by atoms with van der Waals surface area (Å²) in [4.78, 5) is 59.4. The third kappa shape index (κ3) is 8.11. The Bertz CT molecular complexity index is 1580. The Morgan fingerprint density at radius 2 is 1.82 bits per heavy atom. The average molecular weight is 785 g/mol. The number of carbonyl (C=O) groups excluding carboxylic acids is 4. The Morgan fingerprint density at radius 1 is 1.12 bits per heavy atom. The van der Waals surface area contributed by atoms with Gasteiger partial charge in [-0.3, -0.25) is 19.2 Å². The number of rotatable bonds is 18. The number of unbranched alkanes of at least 4 members (excludes halogenated alkanes) is 3. The van der Waals surface area contributed by atoms with Crippen molar-refractivity contribution in [2.45, 2.75) is 86.6 Å². The lowest BCUT2D eigenvalue weighted by molar-refractivity contribution is -0.162. The number of carbonyl (C=O) groups is 4. The Balaban J connectivity index is 1.49. The molecule has 12 heteroatoms. The maximum Gasteiger partial charge on any atom is 0.313 e. The molecule has 0 aliphatic carbocycles. The summed E-state index contributed by atoms with van der Waals surface area (Å²) in [6.07, 6.45) is 5.61. The molecule has 5 rings (SSSR count). The van der Waals surface area contributed by atoms with Gasteiger partial charge in [0.25, 0.3) is 5.91 Å². The van der Waals surface area contributed by atoms with E-state index in [0.29, 0.717) is 42.0 Å². The van der Waals surface area contributed by atoms with Crippen molar-refractivity contribution in [3.63, 3.8) is 0 Å². The van der Waals surface area contributed by atoms with Crippen LogP contribution in [-0.4, -0.2) is 82.0 Å². The van der Waals surface area contributed by atoms with Crippen molar-refractivity contribution in [1.82, 2.24) is 10.2 Å². The van der Waals surface area contributed by atoms with Crippen molar-refractivity contribution >= 4 is 56.9 Å². The van der Waals surface area contributed by atoms with Crippen LogP contribution in [0.3, 0.4) is 0 Å². The molecule has 2 N–H and O–H groups in total. The summed E-state index contributed by atoms with van der Waals surface area (Å²) in [6.45, 7) is 9.88. The third-order valence-electron chi connectivity index (χ3n) is 10.1. The molecule has 3 fully saturated rings. The SMILES string of the molecule is C=CCCC(=O)N[C@H](C)[C@@H](OC(=O)[C@H]1[C@@H]2O[C@@]3(CC2Br)[C@@H]1C(=O)N(CCCCCCO)[C@@H]3C(=O)N(CC=C)c1ccc(Cl)cc1)c1ccccc1. The van der Waals surface area contributed by atoms with Gasteiger partial charge in [0.1, 0.15) is 17.7 Å². The van der Waals surface area contributed by atoms with Crippen LogP contribution in [0.1, 0.15) is 63.5 Å². The number of likely N-dealkylation sites (tertiary alicyclic amines) is 1. The Kier molecular flexibility index (Phi) is 13.2. The van der Waals surface area contributed by atoms with E-state index in [4.69, 9.17) is 21.1 Å². The fourth-order valence-corrected chi connectivity index (χ4v) is 8.90. The Hall–Kier alpha value is -3.51. The zero-order valence-electron chi connectivity index (χ0n) is 28.9. The highest BCUT2D eigenvalue weighted by atomic mass is 79.9. The van der Waals surface area contributed by atoms with E-state index in [1.807, 2.05) is 30.3 Å². The monoisotopic (exact) mass is 783 g/mol. The minimum absolute atomic E-state index is 0.0826. The molecule has 2 bridgehead atoms. The van der Waals surface area contributed by atoms with Crippen LogP contribution < -0.4 is 10.2 Å². The molecule has 10 nitrogen and oxygen atoms in total. The first-order chi connectivity index (χ1) is 24.6. The van der Waals surface area contributed by atoms with Crippen LogP contribution in [0.5, 0.6) is 0 Å². The second kappa shape index (κ2) is 17.3. The van der Waals surface area contributed by atoms with Crippen molar-refractivity contribution in [1.29, 1.82) is 0 Å². The highest BCUT2D eigenvalue weighted by molar-refractivity contribution is 9.09. The number of alkyl halides is 1. The van der Waals surface area contributed by atoms with Crippen molar-refractivity contribution in [3.8, 4) is 0 Å². The minimum atomic E-state index is -1.29. The molecule has 1 unspecified atom stereocenters. The van der Waals surface area contributed by atoms with E-state index in [-0.39, 0.29) is 48.7 Å². The number of amides is 3. The zero-order valence-corrected chi connectivity index (χ0v) is 31.3. The van der Waals surface area contributed by atoms with Gasteiger partial charge in [-0.05, 0) is 62.4 Å². The largest absolute Gasteiger partial charge is 0.455 e. The Labute approximate surface area is 313 Å². The lowest BCUT2D eigenvalue weighted by Crippen LogP contribution is -2.57. The maximum absolute atomic E-state index is 14.8. The smallest absolute Gasteiger partial charge is 0.313 e. The second-order valence-electron chi connectivity index (χ2n) is 13.5. The maximum atomic E-state index is 14.8. The number of nitrogens with one attached hydrogen (secondary N) is 1. The number of fused-ring (bicyclic) bond motifs is 1. The summed E-state index contributed by atoms with van der Waals surface area (Å²) in [5, 5.41) is 12.8. The van der Waals surface area contributed by atoms with Gasteiger partial charge in [0.05, 0.1) is 24.0 Å². The van der Waals surface area contributed by atoms with E-state index in [1.54, 1.807) is 53.1 Å². The van der Waals surface area contributed by atoms with Crippen molar-refractivity contribution in [3.05, 3.63) is 90.5 Å². The number of aliphatic hydroxyl groups excluding tert-OH is 1. The van der Waals surface area contributed by atoms with Crippen LogP contribution in [0, 0.1) is 11.8 Å². The molecule has 8 atom stereocenters. The molecule has 3 aliphatic rings. The molecule has 51 heavy (non-hydrogen) atoms. The van der Waals surface area contributed by atoms with Gasteiger partial charge in [-0.15, -0.1) is 13.2 Å². The molecule has 3 aliphatic heterocycles. The van der Waals surface area contributed by atoms with E-state index in [2.05, 4.69) is 34.4 Å². The lowest BCUT2D eigenvalue weighted by Gasteiger charge is -2.37. The van der Waals surface area contributed by atoms with Gasteiger partial charge < -0.3 is 29.7 Å². The molecule has 0 saturated carbocycles. The summed E-state index contributed by atoms with van der Waals surface area (Å²) in [6, 6.07) is 14.5. The van der Waals surface area contributed by atoms with Gasteiger partial charge in [-0.25, -0.2) is 0 Å². The molecular formula is C39H47BrClN3O7. The molecule has 0 radical (unpaired) electrons. The average Bonchev–Trinajstić information content (AvgIpc) is 3.72. The van der Waals surface area contributed by atoms with Crippen LogP contribution in [0.25, 0.3) is 0 Å². The number of hydrogen-bond donors (Lipinski definition) is 2. The quantitative estimate of drug-likeness (QED) is 0.0834. The van der Waals surface area contributed by atoms with Gasteiger partial charge in [0, 0.05) is 41.7 Å². The number of ether oxygens (including phenoxy) is 2. The van der Waals surface area contributed by atoms with Crippen LogP contribution in [0.4, 0.5) is 5.69 Å². The third-order valence-corrected chi connectivity index (χ3v) is 11.2. The molecule has 2 aromatic carbocycles. The van der Waals surface area contributed by atoms with Gasteiger partial charge in [0.15, 0.2) is 0 Å². The number of esters is 1. The lowest BCUT2D eigenvalue weighted by atomic mass is 9.70. The van der Waals surface area contributed by atoms with Crippen molar-refractivity contribution < 1.29 is 33.8 Å². The van der Waals surface area contributed by atoms with Crippen LogP contribution in [0.15, 0.2) is 79.9 Å². The van der Waals surface area contributed by atoms with E-state index in [9.17, 15) is 24.3 Å². The zero-order chi connectivity index (χ0) is 36.7. The second-order valence-corrected chi connectivity index (χ2v) is 15.1. The molecule has 2 aromatic rings. The highest BCUT2D eigenvalue weighted by Crippen LogP contribution is 2.60. The fourth-order valence-electron chi connectivity index (χ4n) is 7.83. The van der Waals surface area contributed by atoms with Gasteiger partial charge in [0.2, 0.25) is 11.8 Å². The van der Waals surface area contributed by atoms with Crippen molar-refractivity contribution in [2.24, 2.45) is 11.8 Å². The summed E-state index contributed by atoms with van der Waals surface area (Å²) >= 11 is 9.92. The number of nitrogens with zero attached hydrogens (tertiary/aromatic N) is 2. The summed E-state index contributed by atoms with van der Waals surface area (Å²) in [5.41, 5.74) is -0.0106. The summed E-state index contributed by atoms with van der Waals surface area (Å²) in [5.74, 6) is -3.44. The van der Waals surface area contributed by atoms with E-state index >= 15 is 0 Å². The number of aliphatic hydroxyl groups is 1. The van der Waals surface area contributed by atoms with Gasteiger partial charge >= 0.3 is 5.97 Å². The highest BCUT2D eigenvalue weighted by Gasteiger charge is 2.77. The first-order valence-corrected chi connectivity index (χ1v) is 18.9. The summed E-state index contributed by atoms with van der Waals surface area (Å²) < 4.78 is 13.0. The minimum Gasteiger partial charge on any atom is -0.455 e. The first-order valence-electron chi connectivity index (χ1n) is 17.6. The topological polar surface area (TPSA) is 125 Å². The van der Waals surface area contributed by atoms with Crippen molar-refractivity contribution in [2.75, 3.05) is 24.6 Å². The molecule has 3 heterocycles. The number of halogens is 2. The van der Waals surface area contributed by atoms with Crippen LogP contribution in [-0.2, 0) is 28.7 Å². The molecule has 274 valence electrons. The normalized spacial score (nSPS) is 25.9. The first kappa shape index (κ1) is 38.7. The number of hydrogen-bond acceptors (Lipinski definition) is 7. The molecular weight excluding hydrogens is 738 g/mol. The number of benzene rings is 2. The predicted molar refractivity (Wildman–Crippen MR) is 199 cm³/mol. The van der Waals surface area contributed by atoms with Crippen LogP contribution in [0.2, 0.25) is 5.02 Å².